The number of para-hydroxylation sites is 2. The first-order valence-electron chi connectivity index (χ1n) is 18.4. The Morgan fingerprint density at radius 2 is 1.77 bits per heavy atom. The molecule has 0 N–H and O–H groups in total. The number of halogens is 1. The van der Waals surface area contributed by atoms with Crippen LogP contribution < -0.4 is 9.64 Å². The standard InChI is InChI=1S/C40H50N8O3.ClH/c1-3-51-29-28-48-36-13-8-7-12-35(36)42-39(48)45-21-9-20-44(26-27-45)23-17-40(33-10-5-4-6-11-33)18-24-46(31-40)38(49)34-30-32(14-15-37(34)50-2)16-22-47-25-19-41-43-47;/h4-8,10-15,19,25,30H,3,9,16-18,20-24,26-29,31H2,1-2H3;1H. The zero-order chi connectivity index (χ0) is 35.0. The smallest absolute Gasteiger partial charge is 0.257 e. The molecule has 3 aromatic carbocycles. The topological polar surface area (TPSA) is 93.8 Å². The summed E-state index contributed by atoms with van der Waals surface area (Å²) in [7, 11) is 1.64. The van der Waals surface area contributed by atoms with Crippen LogP contribution in [-0.2, 0) is 29.7 Å². The molecular weight excluding hydrogens is 676 g/mol. The number of carbonyl (C=O) groups is 1. The number of hydrogen-bond acceptors (Lipinski definition) is 8. The monoisotopic (exact) mass is 726 g/mol. The molecule has 0 spiro atoms. The van der Waals surface area contributed by atoms with Crippen molar-refractivity contribution in [2.75, 3.05) is 71.0 Å². The lowest BCUT2D eigenvalue weighted by atomic mass is 9.76. The van der Waals surface area contributed by atoms with Crippen molar-refractivity contribution in [3.63, 3.8) is 0 Å². The summed E-state index contributed by atoms with van der Waals surface area (Å²) < 4.78 is 15.6. The number of anilines is 1. The Balaban J connectivity index is 0.00000464. The third-order valence-corrected chi connectivity index (χ3v) is 10.7. The van der Waals surface area contributed by atoms with Crippen LogP contribution in [0.1, 0.15) is 47.7 Å². The first-order valence-corrected chi connectivity index (χ1v) is 18.4. The lowest BCUT2D eigenvalue weighted by Gasteiger charge is -2.33. The number of carbonyl (C=O) groups excluding carboxylic acids is 1. The molecule has 12 heteroatoms. The summed E-state index contributed by atoms with van der Waals surface area (Å²) in [6.07, 6.45) is 7.28. The van der Waals surface area contributed by atoms with Crippen molar-refractivity contribution in [2.24, 2.45) is 0 Å². The Kier molecular flexibility index (Phi) is 12.5. The van der Waals surface area contributed by atoms with Gasteiger partial charge >= 0.3 is 0 Å². The second-order valence-corrected chi connectivity index (χ2v) is 13.8. The first kappa shape index (κ1) is 37.3. The van der Waals surface area contributed by atoms with E-state index >= 15 is 0 Å². The average Bonchev–Trinajstić information content (AvgIpc) is 3.90. The molecule has 5 aromatic rings. The van der Waals surface area contributed by atoms with E-state index in [2.05, 4.69) is 79.3 Å². The number of hydrogen-bond donors (Lipinski definition) is 0. The summed E-state index contributed by atoms with van der Waals surface area (Å²) in [5.41, 5.74) is 5.09. The number of aryl methyl sites for hydroxylation is 2. The summed E-state index contributed by atoms with van der Waals surface area (Å²) in [6.45, 7) is 11.2. The predicted molar refractivity (Wildman–Crippen MR) is 207 cm³/mol. The molecule has 11 nitrogen and oxygen atoms in total. The maximum absolute atomic E-state index is 14.2. The number of benzene rings is 3. The van der Waals surface area contributed by atoms with Crippen LogP contribution in [0.4, 0.5) is 5.95 Å². The van der Waals surface area contributed by atoms with E-state index in [-0.39, 0.29) is 23.7 Å². The summed E-state index contributed by atoms with van der Waals surface area (Å²) in [6, 6.07) is 25.2. The lowest BCUT2D eigenvalue weighted by Crippen LogP contribution is -2.39. The van der Waals surface area contributed by atoms with Crippen LogP contribution in [0.15, 0.2) is 85.2 Å². The molecule has 0 radical (unpaired) electrons. The number of methoxy groups -OCH3 is 1. The van der Waals surface area contributed by atoms with Crippen LogP contribution in [0, 0.1) is 0 Å². The van der Waals surface area contributed by atoms with Gasteiger partial charge in [0.15, 0.2) is 0 Å². The second-order valence-electron chi connectivity index (χ2n) is 13.8. The minimum Gasteiger partial charge on any atom is -0.496 e. The SMILES string of the molecule is CCOCCn1c(N2CCCN(CCC3(c4ccccc4)CCN(C(=O)c4cc(CCn5ccnn5)ccc4OC)C3)CC2)nc2ccccc21.Cl. The van der Waals surface area contributed by atoms with E-state index in [9.17, 15) is 4.79 Å². The Bertz CT molecular complexity index is 1880. The minimum atomic E-state index is -0.117. The Labute approximate surface area is 312 Å². The molecule has 7 rings (SSSR count). The van der Waals surface area contributed by atoms with Gasteiger partial charge in [-0.15, -0.1) is 17.5 Å². The number of imidazole rings is 1. The van der Waals surface area contributed by atoms with Crippen molar-refractivity contribution in [1.29, 1.82) is 0 Å². The van der Waals surface area contributed by atoms with Crippen LogP contribution in [-0.4, -0.2) is 106 Å². The number of rotatable bonds is 14. The number of amides is 1. The van der Waals surface area contributed by atoms with Crippen LogP contribution in [0.2, 0.25) is 0 Å². The van der Waals surface area contributed by atoms with Crippen LogP contribution in [0.5, 0.6) is 5.75 Å². The van der Waals surface area contributed by atoms with Gasteiger partial charge in [0.1, 0.15) is 5.75 Å². The van der Waals surface area contributed by atoms with E-state index in [1.54, 1.807) is 13.3 Å². The zero-order valence-electron chi connectivity index (χ0n) is 30.4. The largest absolute Gasteiger partial charge is 0.496 e. The summed E-state index contributed by atoms with van der Waals surface area (Å²) in [4.78, 5) is 26.4. The lowest BCUT2D eigenvalue weighted by molar-refractivity contribution is 0.0777. The number of nitrogens with zero attached hydrogens (tertiary/aromatic N) is 8. The van der Waals surface area contributed by atoms with Gasteiger partial charge in [-0.1, -0.05) is 53.7 Å². The molecule has 0 bridgehead atoms. The quantitative estimate of drug-likeness (QED) is 0.134. The third kappa shape index (κ3) is 8.27. The van der Waals surface area contributed by atoms with Gasteiger partial charge in [-0.05, 0) is 81.1 Å². The minimum absolute atomic E-state index is 0. The first-order chi connectivity index (χ1) is 25.1. The molecular formula is C40H51ClN8O3. The number of aromatic nitrogens is 5. The van der Waals surface area contributed by atoms with E-state index < -0.39 is 0 Å². The average molecular weight is 727 g/mol. The predicted octanol–water partition coefficient (Wildman–Crippen LogP) is 5.72. The van der Waals surface area contributed by atoms with Gasteiger partial charge in [-0.2, -0.15) is 0 Å². The van der Waals surface area contributed by atoms with E-state index in [4.69, 9.17) is 14.5 Å². The van der Waals surface area contributed by atoms with Crippen LogP contribution in [0.3, 0.4) is 0 Å². The Hall–Kier alpha value is -4.45. The number of likely N-dealkylation sites (tertiary alicyclic amines) is 1. The fourth-order valence-electron chi connectivity index (χ4n) is 7.86. The van der Waals surface area contributed by atoms with Crippen molar-refractivity contribution < 1.29 is 14.3 Å². The number of ether oxygens (including phenoxy) is 2. The molecule has 2 fully saturated rings. The van der Waals surface area contributed by atoms with Gasteiger partial charge < -0.3 is 28.7 Å². The molecule has 2 aromatic heterocycles. The molecule has 4 heterocycles. The molecule has 2 saturated heterocycles. The summed E-state index contributed by atoms with van der Waals surface area (Å²) >= 11 is 0. The van der Waals surface area contributed by atoms with E-state index in [0.29, 0.717) is 44.2 Å². The summed E-state index contributed by atoms with van der Waals surface area (Å²) in [5, 5.41) is 7.99. The van der Waals surface area contributed by atoms with Crippen molar-refractivity contribution in [1.82, 2.24) is 34.3 Å². The number of fused-ring (bicyclic) bond motifs is 1. The molecule has 0 aliphatic carbocycles. The van der Waals surface area contributed by atoms with E-state index in [1.807, 2.05) is 40.9 Å². The molecule has 1 atom stereocenters. The van der Waals surface area contributed by atoms with Gasteiger partial charge in [-0.3, -0.25) is 9.48 Å². The van der Waals surface area contributed by atoms with Crippen molar-refractivity contribution in [2.45, 2.75) is 51.1 Å². The fourth-order valence-corrected chi connectivity index (χ4v) is 7.86. The van der Waals surface area contributed by atoms with Gasteiger partial charge in [0.25, 0.3) is 5.91 Å². The highest BCUT2D eigenvalue weighted by Crippen LogP contribution is 2.39. The van der Waals surface area contributed by atoms with Crippen molar-refractivity contribution in [3.8, 4) is 5.75 Å². The highest BCUT2D eigenvalue weighted by molar-refractivity contribution is 5.97. The second kappa shape index (κ2) is 17.4. The molecule has 52 heavy (non-hydrogen) atoms. The Morgan fingerprint density at radius 3 is 2.58 bits per heavy atom. The van der Waals surface area contributed by atoms with Gasteiger partial charge in [0, 0.05) is 64.0 Å². The van der Waals surface area contributed by atoms with Gasteiger partial charge in [0.2, 0.25) is 5.95 Å². The van der Waals surface area contributed by atoms with E-state index in [1.165, 1.54) is 5.56 Å². The molecule has 2 aliphatic rings. The summed E-state index contributed by atoms with van der Waals surface area (Å²) in [5.74, 6) is 1.69. The Morgan fingerprint density at radius 1 is 0.923 bits per heavy atom. The van der Waals surface area contributed by atoms with Crippen molar-refractivity contribution >= 4 is 35.3 Å². The highest BCUT2D eigenvalue weighted by atomic mass is 35.5. The normalized spacial score (nSPS) is 18.0. The van der Waals surface area contributed by atoms with Crippen LogP contribution >= 0.6 is 12.4 Å². The molecule has 2 aliphatic heterocycles. The molecule has 276 valence electrons. The maximum Gasteiger partial charge on any atom is 0.257 e. The highest BCUT2D eigenvalue weighted by Gasteiger charge is 2.42. The molecule has 1 unspecified atom stereocenters. The zero-order valence-corrected chi connectivity index (χ0v) is 31.2. The molecule has 0 saturated carbocycles. The van der Waals surface area contributed by atoms with Crippen molar-refractivity contribution in [3.05, 3.63) is 102 Å². The fraction of sp³-hybridized carbons (Fsp3) is 0.450. The van der Waals surface area contributed by atoms with Gasteiger partial charge in [-0.25, -0.2) is 4.98 Å². The van der Waals surface area contributed by atoms with Gasteiger partial charge in [0.05, 0.1) is 36.5 Å². The van der Waals surface area contributed by atoms with E-state index in [0.717, 1.165) is 87.5 Å². The maximum atomic E-state index is 14.2. The third-order valence-electron chi connectivity index (χ3n) is 10.7. The van der Waals surface area contributed by atoms with Crippen LogP contribution in [0.25, 0.3) is 11.0 Å². The molecule has 1 amide bonds.